The average Bonchev–Trinajstić information content (AvgIpc) is 2.81. The number of aliphatic hydroxyl groups is 1. The zero-order valence-electron chi connectivity index (χ0n) is 20.9. The maximum atomic E-state index is 11.4. The number of aliphatic hydroxyl groups excluding tert-OH is 1. The summed E-state index contributed by atoms with van der Waals surface area (Å²) >= 11 is 0. The van der Waals surface area contributed by atoms with E-state index in [4.69, 9.17) is 9.47 Å². The molecule has 0 amide bonds. The Labute approximate surface area is 207 Å². The molecule has 0 spiro atoms. The smallest absolute Gasteiger partial charge is 0.229 e. The fourth-order valence-electron chi connectivity index (χ4n) is 3.72. The third-order valence-electron chi connectivity index (χ3n) is 5.38. The van der Waals surface area contributed by atoms with Crippen LogP contribution in [0.15, 0.2) is 48.5 Å². The summed E-state index contributed by atoms with van der Waals surface area (Å²) in [5.41, 5.74) is 5.36. The Bertz CT molecular complexity index is 1320. The molecule has 0 atom stereocenters. The van der Waals surface area contributed by atoms with Gasteiger partial charge in [0, 0.05) is 22.4 Å². The van der Waals surface area contributed by atoms with E-state index in [-0.39, 0.29) is 12.0 Å². The minimum atomic E-state index is -3.33. The van der Waals surface area contributed by atoms with Crippen molar-refractivity contribution in [3.05, 3.63) is 70.9 Å². The maximum Gasteiger partial charge on any atom is 0.229 e. The average molecular weight is 497 g/mol. The third-order valence-corrected chi connectivity index (χ3v) is 5.99. The Kier molecular flexibility index (Phi) is 7.87. The number of nitrogens with zero attached hydrogens (tertiary/aromatic N) is 1. The summed E-state index contributed by atoms with van der Waals surface area (Å²) < 4.78 is 36.7. The Morgan fingerprint density at radius 1 is 1.00 bits per heavy atom. The second-order valence-corrected chi connectivity index (χ2v) is 11.0. The summed E-state index contributed by atoms with van der Waals surface area (Å²) in [6, 6.07) is 14.9. The number of aromatic nitrogens is 1. The first-order chi connectivity index (χ1) is 16.4. The van der Waals surface area contributed by atoms with Gasteiger partial charge in [-0.2, -0.15) is 0 Å². The largest absolute Gasteiger partial charge is 0.496 e. The zero-order chi connectivity index (χ0) is 25.8. The van der Waals surface area contributed by atoms with E-state index >= 15 is 0 Å². The van der Waals surface area contributed by atoms with E-state index in [1.807, 2.05) is 36.4 Å². The van der Waals surface area contributed by atoms with Crippen LogP contribution in [0.2, 0.25) is 0 Å². The van der Waals surface area contributed by atoms with Gasteiger partial charge >= 0.3 is 0 Å². The number of anilines is 1. The molecule has 0 bridgehead atoms. The molecule has 2 aromatic carbocycles. The Morgan fingerprint density at radius 2 is 1.69 bits per heavy atom. The molecule has 8 heteroatoms. The van der Waals surface area contributed by atoms with Crippen LogP contribution in [0.3, 0.4) is 0 Å². The van der Waals surface area contributed by atoms with E-state index in [9.17, 15) is 13.5 Å². The summed E-state index contributed by atoms with van der Waals surface area (Å²) in [6.07, 6.45) is 5.04. The second kappa shape index (κ2) is 10.5. The fourth-order valence-corrected chi connectivity index (χ4v) is 4.28. The molecular weight excluding hydrogens is 464 g/mol. The Hall–Kier alpha value is -3.36. The molecule has 3 aromatic rings. The number of pyridine rings is 1. The Morgan fingerprint density at radius 3 is 2.23 bits per heavy atom. The number of hydrogen-bond donors (Lipinski definition) is 2. The van der Waals surface area contributed by atoms with Crippen LogP contribution in [0.5, 0.6) is 11.6 Å². The van der Waals surface area contributed by atoms with Crippen molar-refractivity contribution in [2.75, 3.05) is 25.2 Å². The van der Waals surface area contributed by atoms with Gasteiger partial charge in [-0.25, -0.2) is 13.4 Å². The van der Waals surface area contributed by atoms with Crippen molar-refractivity contribution in [3.8, 4) is 22.8 Å². The van der Waals surface area contributed by atoms with Crippen LogP contribution < -0.4 is 14.2 Å². The van der Waals surface area contributed by atoms with Gasteiger partial charge in [0.15, 0.2) is 0 Å². The predicted octanol–water partition coefficient (Wildman–Crippen LogP) is 5.10. The number of methoxy groups -OCH3 is 2. The minimum Gasteiger partial charge on any atom is -0.496 e. The summed E-state index contributed by atoms with van der Waals surface area (Å²) in [5.74, 6) is 1.21. The van der Waals surface area contributed by atoms with Crippen LogP contribution in [0.25, 0.3) is 23.3 Å². The molecule has 0 aliphatic rings. The fraction of sp³-hybridized carbons (Fsp3) is 0.296. The molecule has 0 saturated carbocycles. The molecule has 0 radical (unpaired) electrons. The third kappa shape index (κ3) is 6.61. The van der Waals surface area contributed by atoms with Crippen molar-refractivity contribution in [2.24, 2.45) is 0 Å². The number of ether oxygens (including phenoxy) is 2. The molecular formula is C27H32N2O5S. The molecule has 3 rings (SSSR count). The lowest BCUT2D eigenvalue weighted by atomic mass is 9.83. The lowest BCUT2D eigenvalue weighted by molar-refractivity contribution is 0.274. The highest BCUT2D eigenvalue weighted by Crippen LogP contribution is 2.40. The van der Waals surface area contributed by atoms with Crippen LogP contribution in [-0.2, 0) is 22.0 Å². The summed E-state index contributed by atoms with van der Waals surface area (Å²) in [7, 11) is -0.110. The number of sulfonamides is 1. The van der Waals surface area contributed by atoms with E-state index in [0.29, 0.717) is 17.3 Å². The lowest BCUT2D eigenvalue weighted by Gasteiger charge is -2.25. The van der Waals surface area contributed by atoms with Gasteiger partial charge in [0.05, 0.1) is 32.8 Å². The minimum absolute atomic E-state index is 0.168. The van der Waals surface area contributed by atoms with Gasteiger partial charge < -0.3 is 14.6 Å². The van der Waals surface area contributed by atoms with E-state index in [1.54, 1.807) is 32.4 Å². The number of rotatable bonds is 8. The maximum absolute atomic E-state index is 11.4. The molecule has 1 heterocycles. The van der Waals surface area contributed by atoms with Gasteiger partial charge in [0.2, 0.25) is 15.9 Å². The van der Waals surface area contributed by atoms with Crippen molar-refractivity contribution in [1.82, 2.24) is 4.98 Å². The van der Waals surface area contributed by atoms with Crippen LogP contribution in [-0.4, -0.2) is 39.0 Å². The number of hydrogen-bond acceptors (Lipinski definition) is 6. The van der Waals surface area contributed by atoms with Gasteiger partial charge in [-0.1, -0.05) is 45.1 Å². The van der Waals surface area contributed by atoms with E-state index in [1.165, 1.54) is 0 Å². The van der Waals surface area contributed by atoms with E-state index in [2.05, 4.69) is 36.5 Å². The summed E-state index contributed by atoms with van der Waals surface area (Å²) in [6.45, 7) is 6.21. The highest BCUT2D eigenvalue weighted by atomic mass is 32.2. The number of benzene rings is 2. The van der Waals surface area contributed by atoms with Gasteiger partial charge in [0.1, 0.15) is 5.75 Å². The van der Waals surface area contributed by atoms with Crippen molar-refractivity contribution in [2.45, 2.75) is 32.8 Å². The SMILES string of the molecule is COc1nc(CO)ccc1-c1cc(/C=C/c2ccc(NS(C)(=O)=O)cc2)c(OC)c(C(C)(C)C)c1. The molecule has 2 N–H and O–H groups in total. The Balaban J connectivity index is 2.10. The first-order valence-corrected chi connectivity index (χ1v) is 13.0. The first-order valence-electron chi connectivity index (χ1n) is 11.1. The molecule has 186 valence electrons. The normalized spacial score (nSPS) is 12.1. The standard InChI is InChI=1S/C27H32N2O5S/c1-27(2,3)24-16-20(23-14-13-22(17-30)28-26(23)34-5)15-19(25(24)33-4)10-7-18-8-11-21(12-9-18)29-35(6,31)32/h7-16,29-30H,17H2,1-6H3/b10-7+. The molecule has 7 nitrogen and oxygen atoms in total. The lowest BCUT2D eigenvalue weighted by Crippen LogP contribution is -2.14. The number of nitrogens with one attached hydrogen (secondary N) is 1. The molecule has 0 aliphatic carbocycles. The van der Waals surface area contributed by atoms with Gasteiger partial charge in [0.25, 0.3) is 0 Å². The van der Waals surface area contributed by atoms with E-state index < -0.39 is 10.0 Å². The predicted molar refractivity (Wildman–Crippen MR) is 141 cm³/mol. The van der Waals surface area contributed by atoms with Crippen molar-refractivity contribution >= 4 is 27.9 Å². The van der Waals surface area contributed by atoms with Crippen molar-refractivity contribution in [1.29, 1.82) is 0 Å². The van der Waals surface area contributed by atoms with Gasteiger partial charge in [-0.05, 0) is 52.9 Å². The molecule has 35 heavy (non-hydrogen) atoms. The van der Waals surface area contributed by atoms with Crippen LogP contribution in [0.1, 0.15) is 43.2 Å². The van der Waals surface area contributed by atoms with Crippen molar-refractivity contribution in [3.63, 3.8) is 0 Å². The molecule has 0 saturated heterocycles. The molecule has 0 fully saturated rings. The van der Waals surface area contributed by atoms with Crippen LogP contribution in [0.4, 0.5) is 5.69 Å². The van der Waals surface area contributed by atoms with Crippen LogP contribution >= 0.6 is 0 Å². The topological polar surface area (TPSA) is 97.8 Å². The van der Waals surface area contributed by atoms with E-state index in [0.717, 1.165) is 39.8 Å². The summed E-state index contributed by atoms with van der Waals surface area (Å²) in [5, 5.41) is 9.46. The highest BCUT2D eigenvalue weighted by Gasteiger charge is 2.23. The second-order valence-electron chi connectivity index (χ2n) is 9.24. The molecule has 1 aromatic heterocycles. The first kappa shape index (κ1) is 26.2. The monoisotopic (exact) mass is 496 g/mol. The molecule has 0 aliphatic heterocycles. The van der Waals surface area contributed by atoms with Crippen LogP contribution in [0, 0.1) is 0 Å². The zero-order valence-corrected chi connectivity index (χ0v) is 21.7. The van der Waals surface area contributed by atoms with Gasteiger partial charge in [-0.15, -0.1) is 0 Å². The quantitative estimate of drug-likeness (QED) is 0.421. The summed E-state index contributed by atoms with van der Waals surface area (Å²) in [4.78, 5) is 4.41. The van der Waals surface area contributed by atoms with Gasteiger partial charge in [-0.3, -0.25) is 4.72 Å². The highest BCUT2D eigenvalue weighted by molar-refractivity contribution is 7.92. The molecule has 0 unspecified atom stereocenters. The van der Waals surface area contributed by atoms with Crippen molar-refractivity contribution < 1.29 is 23.0 Å².